The van der Waals surface area contributed by atoms with Crippen LogP contribution in [0, 0.1) is 5.92 Å². The number of pyridine rings is 2. The van der Waals surface area contributed by atoms with Crippen molar-refractivity contribution < 1.29 is 13.2 Å². The number of aromatic nitrogens is 2. The van der Waals surface area contributed by atoms with Crippen molar-refractivity contribution in [2.75, 3.05) is 16.9 Å². The van der Waals surface area contributed by atoms with E-state index in [9.17, 15) is 13.2 Å². The van der Waals surface area contributed by atoms with E-state index in [1.165, 1.54) is 6.26 Å². The van der Waals surface area contributed by atoms with Gasteiger partial charge in [0.15, 0.2) is 9.84 Å². The number of hydrogen-bond acceptors (Lipinski definition) is 6. The quantitative estimate of drug-likeness (QED) is 0.353. The number of rotatable bonds is 6. The molecule has 5 rings (SSSR count). The first-order valence-corrected chi connectivity index (χ1v) is 13.9. The Balaban J connectivity index is 1.30. The number of nitrogens with one attached hydrogen (secondary N) is 2. The normalized spacial score (nSPS) is 18.0. The Hall–Kier alpha value is -3.78. The van der Waals surface area contributed by atoms with E-state index in [0.717, 1.165) is 53.5 Å². The van der Waals surface area contributed by atoms with Crippen molar-refractivity contribution in [1.82, 2.24) is 9.97 Å². The zero-order valence-electron chi connectivity index (χ0n) is 20.0. The maximum atomic E-state index is 12.7. The lowest BCUT2D eigenvalue weighted by Gasteiger charge is -2.28. The third-order valence-electron chi connectivity index (χ3n) is 6.76. The number of carbonyl (C=O) groups is 1. The predicted octanol–water partition coefficient (Wildman–Crippen LogP) is 5.69. The number of hydrogen-bond donors (Lipinski definition) is 2. The predicted molar refractivity (Wildman–Crippen MR) is 142 cm³/mol. The minimum atomic E-state index is -3.24. The van der Waals surface area contributed by atoms with Crippen molar-refractivity contribution in [2.24, 2.45) is 5.92 Å². The van der Waals surface area contributed by atoms with Gasteiger partial charge in [0, 0.05) is 52.6 Å². The number of amides is 1. The van der Waals surface area contributed by atoms with E-state index in [1.807, 2.05) is 54.9 Å². The van der Waals surface area contributed by atoms with Crippen molar-refractivity contribution >= 4 is 43.7 Å². The van der Waals surface area contributed by atoms with E-state index in [2.05, 4.69) is 15.6 Å². The summed E-state index contributed by atoms with van der Waals surface area (Å²) in [6, 6.07) is 20.2. The topological polar surface area (TPSA) is 101 Å². The third-order valence-corrected chi connectivity index (χ3v) is 7.89. The lowest BCUT2D eigenvalue weighted by molar-refractivity contribution is -0.120. The fourth-order valence-corrected chi connectivity index (χ4v) is 5.44. The number of anilines is 3. The maximum absolute atomic E-state index is 12.7. The van der Waals surface area contributed by atoms with Crippen LogP contribution in [-0.4, -0.2) is 30.5 Å². The van der Waals surface area contributed by atoms with Gasteiger partial charge in [0.2, 0.25) is 5.91 Å². The standard InChI is InChI=1S/C28H28N4O3S/c1-36(34,35)24-13-11-23(12-14-24)31-26-17-25-21(18-30-26)15-16-29-27(25)19-7-9-20(10-8-19)28(33)32-22-5-3-2-4-6-22/h2-6,11-20H,7-10H2,1H3,(H,30,31)(H,32,33). The maximum Gasteiger partial charge on any atom is 0.227 e. The van der Waals surface area contributed by atoms with Gasteiger partial charge in [-0.3, -0.25) is 9.78 Å². The molecule has 1 aliphatic carbocycles. The second kappa shape index (κ2) is 10.1. The third kappa shape index (κ3) is 5.39. The number of nitrogens with zero attached hydrogens (tertiary/aromatic N) is 2. The summed E-state index contributed by atoms with van der Waals surface area (Å²) in [5, 5.41) is 8.35. The summed E-state index contributed by atoms with van der Waals surface area (Å²) >= 11 is 0. The first kappa shape index (κ1) is 23.9. The molecule has 2 N–H and O–H groups in total. The summed E-state index contributed by atoms with van der Waals surface area (Å²) in [7, 11) is -3.24. The number of para-hydroxylation sites is 1. The second-order valence-corrected chi connectivity index (χ2v) is 11.3. The van der Waals surface area contributed by atoms with Crippen LogP contribution in [0.1, 0.15) is 37.3 Å². The fourth-order valence-electron chi connectivity index (χ4n) is 4.81. The molecule has 0 spiro atoms. The molecule has 1 fully saturated rings. The molecule has 1 amide bonds. The van der Waals surface area contributed by atoms with E-state index in [-0.39, 0.29) is 22.6 Å². The van der Waals surface area contributed by atoms with Gasteiger partial charge < -0.3 is 10.6 Å². The number of sulfone groups is 1. The molecule has 4 aromatic rings. The van der Waals surface area contributed by atoms with Crippen LogP contribution in [0.3, 0.4) is 0 Å². The molecule has 0 radical (unpaired) electrons. The highest BCUT2D eigenvalue weighted by atomic mass is 32.2. The summed E-state index contributed by atoms with van der Waals surface area (Å²) in [5.74, 6) is 1.03. The highest BCUT2D eigenvalue weighted by Crippen LogP contribution is 2.38. The summed E-state index contributed by atoms with van der Waals surface area (Å²) in [5.41, 5.74) is 2.62. The molecule has 2 aromatic heterocycles. The molecule has 8 heteroatoms. The lowest BCUT2D eigenvalue weighted by Crippen LogP contribution is -2.27. The van der Waals surface area contributed by atoms with E-state index < -0.39 is 9.84 Å². The van der Waals surface area contributed by atoms with Gasteiger partial charge in [-0.05, 0) is 74.2 Å². The highest BCUT2D eigenvalue weighted by molar-refractivity contribution is 7.90. The van der Waals surface area contributed by atoms with Crippen molar-refractivity contribution in [3.8, 4) is 0 Å². The Morgan fingerprint density at radius 1 is 0.889 bits per heavy atom. The Bertz CT molecular complexity index is 1480. The minimum Gasteiger partial charge on any atom is -0.340 e. The highest BCUT2D eigenvalue weighted by Gasteiger charge is 2.28. The van der Waals surface area contributed by atoms with Gasteiger partial charge in [0.25, 0.3) is 0 Å². The van der Waals surface area contributed by atoms with Gasteiger partial charge in [-0.1, -0.05) is 18.2 Å². The number of benzene rings is 2. The van der Waals surface area contributed by atoms with Crippen molar-refractivity contribution in [2.45, 2.75) is 36.5 Å². The molecular formula is C28H28N4O3S. The Labute approximate surface area is 210 Å². The lowest BCUT2D eigenvalue weighted by atomic mass is 9.79. The molecule has 0 aliphatic heterocycles. The molecule has 2 aromatic carbocycles. The number of carbonyl (C=O) groups excluding carboxylic acids is 1. The molecular weight excluding hydrogens is 472 g/mol. The Morgan fingerprint density at radius 2 is 1.61 bits per heavy atom. The van der Waals surface area contributed by atoms with Crippen LogP contribution in [0.15, 0.2) is 84.0 Å². The van der Waals surface area contributed by atoms with Crippen LogP contribution in [0.5, 0.6) is 0 Å². The van der Waals surface area contributed by atoms with E-state index >= 15 is 0 Å². The van der Waals surface area contributed by atoms with Crippen LogP contribution >= 0.6 is 0 Å². The zero-order chi connectivity index (χ0) is 25.1. The van der Waals surface area contributed by atoms with Crippen molar-refractivity contribution in [1.29, 1.82) is 0 Å². The fraction of sp³-hybridized carbons (Fsp3) is 0.250. The van der Waals surface area contributed by atoms with Crippen molar-refractivity contribution in [3.63, 3.8) is 0 Å². The molecule has 1 aliphatic rings. The smallest absolute Gasteiger partial charge is 0.227 e. The Morgan fingerprint density at radius 3 is 2.31 bits per heavy atom. The van der Waals surface area contributed by atoms with Gasteiger partial charge in [0.05, 0.1) is 10.6 Å². The molecule has 2 heterocycles. The summed E-state index contributed by atoms with van der Waals surface area (Å²) in [6.07, 6.45) is 8.29. The molecule has 36 heavy (non-hydrogen) atoms. The number of fused-ring (bicyclic) bond motifs is 1. The Kier molecular flexibility index (Phi) is 6.69. The van der Waals surface area contributed by atoms with Gasteiger partial charge in [-0.15, -0.1) is 0 Å². The average molecular weight is 501 g/mol. The monoisotopic (exact) mass is 500 g/mol. The van der Waals surface area contributed by atoms with Crippen LogP contribution in [-0.2, 0) is 14.6 Å². The summed E-state index contributed by atoms with van der Waals surface area (Å²) in [4.78, 5) is 22.3. The minimum absolute atomic E-state index is 0.00485. The van der Waals surface area contributed by atoms with Crippen LogP contribution < -0.4 is 10.6 Å². The van der Waals surface area contributed by atoms with Gasteiger partial charge in [0.1, 0.15) is 5.82 Å². The zero-order valence-corrected chi connectivity index (χ0v) is 20.8. The van der Waals surface area contributed by atoms with E-state index in [4.69, 9.17) is 4.98 Å². The first-order valence-electron chi connectivity index (χ1n) is 12.0. The van der Waals surface area contributed by atoms with Crippen LogP contribution in [0.2, 0.25) is 0 Å². The molecule has 1 saturated carbocycles. The van der Waals surface area contributed by atoms with Crippen LogP contribution in [0.25, 0.3) is 10.8 Å². The summed E-state index contributed by atoms with van der Waals surface area (Å²) in [6.45, 7) is 0. The van der Waals surface area contributed by atoms with E-state index in [0.29, 0.717) is 5.82 Å². The molecule has 0 atom stereocenters. The van der Waals surface area contributed by atoms with Gasteiger partial charge in [-0.25, -0.2) is 13.4 Å². The molecule has 0 bridgehead atoms. The molecule has 0 unspecified atom stereocenters. The molecule has 184 valence electrons. The SMILES string of the molecule is CS(=O)(=O)c1ccc(Nc2cc3c(C4CCC(C(=O)Nc5ccccc5)CC4)nccc3cn2)cc1. The largest absolute Gasteiger partial charge is 0.340 e. The second-order valence-electron chi connectivity index (χ2n) is 9.31. The van der Waals surface area contributed by atoms with Gasteiger partial charge in [-0.2, -0.15) is 0 Å². The average Bonchev–Trinajstić information content (AvgIpc) is 2.89. The van der Waals surface area contributed by atoms with E-state index in [1.54, 1.807) is 24.3 Å². The van der Waals surface area contributed by atoms with Gasteiger partial charge >= 0.3 is 0 Å². The molecule has 7 nitrogen and oxygen atoms in total. The summed E-state index contributed by atoms with van der Waals surface area (Å²) < 4.78 is 23.4. The molecule has 0 saturated heterocycles. The van der Waals surface area contributed by atoms with Crippen molar-refractivity contribution in [3.05, 3.63) is 84.8 Å². The van der Waals surface area contributed by atoms with Crippen LogP contribution in [0.4, 0.5) is 17.2 Å². The first-order chi connectivity index (χ1) is 17.4.